The highest BCUT2D eigenvalue weighted by Gasteiger charge is 2.36. The zero-order valence-electron chi connectivity index (χ0n) is 12.6. The van der Waals surface area contributed by atoms with Crippen molar-refractivity contribution in [3.8, 4) is 0 Å². The van der Waals surface area contributed by atoms with Crippen LogP contribution in [-0.4, -0.2) is 33.5 Å². The van der Waals surface area contributed by atoms with E-state index in [0.29, 0.717) is 11.8 Å². The Balaban J connectivity index is 4.44. The molecule has 0 spiro atoms. The number of hydrogen-bond donors (Lipinski definition) is 0. The molecule has 0 saturated carbocycles. The molecule has 116 valence electrons. The summed E-state index contributed by atoms with van der Waals surface area (Å²) in [5.74, 6) is 1.37. The molecule has 0 bridgehead atoms. The summed E-state index contributed by atoms with van der Waals surface area (Å²) < 4.78 is 12.4. The van der Waals surface area contributed by atoms with E-state index in [0.717, 1.165) is 63.8 Å². The van der Waals surface area contributed by atoms with E-state index in [2.05, 4.69) is 13.8 Å². The molecule has 0 N–H and O–H groups in total. The molecule has 0 fully saturated rings. The maximum absolute atomic E-state index is 6.22. The van der Waals surface area contributed by atoms with E-state index in [1.54, 1.807) is 0 Å². The molecule has 0 aliphatic carbocycles. The number of halogens is 2. The van der Waals surface area contributed by atoms with Crippen molar-refractivity contribution in [2.24, 2.45) is 0 Å². The highest BCUT2D eigenvalue weighted by atomic mass is 35.5. The second-order valence-corrected chi connectivity index (χ2v) is 9.05. The van der Waals surface area contributed by atoms with Gasteiger partial charge in [0.25, 0.3) is 0 Å². The molecule has 0 aliphatic rings. The Morgan fingerprint density at radius 3 is 1.47 bits per heavy atom. The Hall–Kier alpha value is 0.717. The van der Waals surface area contributed by atoms with Gasteiger partial charge in [0.05, 0.1) is 0 Å². The predicted molar refractivity (Wildman–Crippen MR) is 87.8 cm³/mol. The summed E-state index contributed by atoms with van der Waals surface area (Å²) in [5, 5.41) is 0. The summed E-state index contributed by atoms with van der Waals surface area (Å²) in [6, 6.07) is 2.00. The van der Waals surface area contributed by atoms with Crippen molar-refractivity contribution in [2.75, 3.05) is 25.0 Å². The van der Waals surface area contributed by atoms with Crippen LogP contribution in [0.25, 0.3) is 0 Å². The summed E-state index contributed by atoms with van der Waals surface area (Å²) in [7, 11) is -2.08. The summed E-state index contributed by atoms with van der Waals surface area (Å²) in [6.45, 7) is 6.00. The number of hydrogen-bond acceptors (Lipinski definition) is 2. The van der Waals surface area contributed by atoms with Gasteiger partial charge in [0.2, 0.25) is 0 Å². The fourth-order valence-electron chi connectivity index (χ4n) is 1.93. The van der Waals surface area contributed by atoms with Crippen molar-refractivity contribution in [3.05, 3.63) is 0 Å². The maximum Gasteiger partial charge on any atom is 0.338 e. The molecule has 0 aromatic carbocycles. The molecule has 0 aromatic heterocycles. The number of rotatable bonds is 14. The van der Waals surface area contributed by atoms with Crippen molar-refractivity contribution >= 4 is 31.8 Å². The van der Waals surface area contributed by atoms with Crippen LogP contribution in [-0.2, 0) is 8.85 Å². The third-order valence-corrected chi connectivity index (χ3v) is 7.33. The fourth-order valence-corrected chi connectivity index (χ4v) is 6.02. The molecule has 0 aromatic rings. The Labute approximate surface area is 130 Å². The van der Waals surface area contributed by atoms with E-state index in [1.165, 1.54) is 0 Å². The molecule has 0 saturated heterocycles. The molecular formula is C14H30Cl2O2Si. The molecule has 0 atom stereocenters. The molecule has 0 aliphatic heterocycles. The van der Waals surface area contributed by atoms with E-state index < -0.39 is 8.56 Å². The van der Waals surface area contributed by atoms with Gasteiger partial charge in [-0.2, -0.15) is 0 Å². The Kier molecular flexibility index (Phi) is 14.2. The van der Waals surface area contributed by atoms with Gasteiger partial charge in [-0.15, -0.1) is 23.2 Å². The Morgan fingerprint density at radius 1 is 0.737 bits per heavy atom. The van der Waals surface area contributed by atoms with Crippen LogP contribution in [0.4, 0.5) is 0 Å². The highest BCUT2D eigenvalue weighted by Crippen LogP contribution is 2.24. The lowest BCUT2D eigenvalue weighted by Crippen LogP contribution is -2.43. The standard InChI is InChI=1S/C14H30Cl2O2Si/c1-3-5-11-17-19(13-7-9-15,14-8-10-16)18-12-6-4-2/h3-14H2,1-2H3. The number of alkyl halides is 2. The summed E-state index contributed by atoms with van der Waals surface area (Å²) >= 11 is 11.7. The zero-order valence-corrected chi connectivity index (χ0v) is 15.1. The first-order valence-electron chi connectivity index (χ1n) is 7.64. The van der Waals surface area contributed by atoms with Gasteiger partial charge in [-0.3, -0.25) is 0 Å². The van der Waals surface area contributed by atoms with Gasteiger partial charge in [-0.25, -0.2) is 0 Å². The molecular weight excluding hydrogens is 299 g/mol. The first-order chi connectivity index (χ1) is 9.24. The van der Waals surface area contributed by atoms with Crippen molar-refractivity contribution in [3.63, 3.8) is 0 Å². The first kappa shape index (κ1) is 19.7. The van der Waals surface area contributed by atoms with Gasteiger partial charge in [0.15, 0.2) is 0 Å². The van der Waals surface area contributed by atoms with Crippen LogP contribution in [0, 0.1) is 0 Å². The van der Waals surface area contributed by atoms with E-state index in [9.17, 15) is 0 Å². The van der Waals surface area contributed by atoms with Crippen LogP contribution in [0.15, 0.2) is 0 Å². The van der Waals surface area contributed by atoms with Crippen molar-refractivity contribution in [2.45, 2.75) is 64.5 Å². The molecule has 0 radical (unpaired) electrons. The lowest BCUT2D eigenvalue weighted by atomic mass is 10.4. The molecule has 2 nitrogen and oxygen atoms in total. The smallest absolute Gasteiger partial charge is 0.338 e. The summed E-state index contributed by atoms with van der Waals surface area (Å²) in [4.78, 5) is 0. The number of unbranched alkanes of at least 4 members (excludes halogenated alkanes) is 2. The molecule has 0 unspecified atom stereocenters. The van der Waals surface area contributed by atoms with Crippen LogP contribution in [0.2, 0.25) is 12.1 Å². The van der Waals surface area contributed by atoms with E-state index >= 15 is 0 Å². The van der Waals surface area contributed by atoms with Gasteiger partial charge in [0.1, 0.15) is 0 Å². The summed E-state index contributed by atoms with van der Waals surface area (Å²) in [6.07, 6.45) is 6.48. The van der Waals surface area contributed by atoms with Gasteiger partial charge in [-0.1, -0.05) is 26.7 Å². The minimum absolute atomic E-state index is 0.684. The molecule has 0 rings (SSSR count). The monoisotopic (exact) mass is 328 g/mol. The van der Waals surface area contributed by atoms with Crippen LogP contribution >= 0.6 is 23.2 Å². The van der Waals surface area contributed by atoms with Crippen LogP contribution in [0.1, 0.15) is 52.4 Å². The normalized spacial score (nSPS) is 12.0. The van der Waals surface area contributed by atoms with Gasteiger partial charge in [0, 0.05) is 25.0 Å². The first-order valence-corrected chi connectivity index (χ1v) is 10.9. The third-order valence-electron chi connectivity index (χ3n) is 3.11. The van der Waals surface area contributed by atoms with E-state index in [1.807, 2.05) is 0 Å². The lowest BCUT2D eigenvalue weighted by molar-refractivity contribution is 0.162. The quantitative estimate of drug-likeness (QED) is 0.244. The Bertz CT molecular complexity index is 174. The molecule has 0 heterocycles. The molecule has 5 heteroatoms. The second kappa shape index (κ2) is 13.7. The molecule has 19 heavy (non-hydrogen) atoms. The van der Waals surface area contributed by atoms with Gasteiger partial charge < -0.3 is 8.85 Å². The second-order valence-electron chi connectivity index (χ2n) is 4.90. The lowest BCUT2D eigenvalue weighted by Gasteiger charge is -2.31. The predicted octanol–water partition coefficient (Wildman–Crippen LogP) is 5.32. The van der Waals surface area contributed by atoms with Crippen LogP contribution < -0.4 is 0 Å². The maximum atomic E-state index is 6.22. The van der Waals surface area contributed by atoms with Gasteiger partial charge >= 0.3 is 8.56 Å². The average Bonchev–Trinajstić information content (AvgIpc) is 2.43. The van der Waals surface area contributed by atoms with Crippen LogP contribution in [0.5, 0.6) is 0 Å². The minimum Gasteiger partial charge on any atom is -0.394 e. The van der Waals surface area contributed by atoms with Crippen molar-refractivity contribution in [1.82, 2.24) is 0 Å². The minimum atomic E-state index is -2.08. The van der Waals surface area contributed by atoms with E-state index in [4.69, 9.17) is 32.1 Å². The third kappa shape index (κ3) is 10.1. The zero-order chi connectivity index (χ0) is 14.4. The fraction of sp³-hybridized carbons (Fsp3) is 1.00. The topological polar surface area (TPSA) is 18.5 Å². The molecule has 0 amide bonds. The van der Waals surface area contributed by atoms with Crippen molar-refractivity contribution < 1.29 is 8.85 Å². The SMILES string of the molecule is CCCCO[Si](CCCCl)(CCCCl)OCCCC. The average molecular weight is 329 g/mol. The largest absolute Gasteiger partial charge is 0.394 e. The summed E-state index contributed by atoms with van der Waals surface area (Å²) in [5.41, 5.74) is 0. The highest BCUT2D eigenvalue weighted by molar-refractivity contribution is 6.67. The van der Waals surface area contributed by atoms with Gasteiger partial charge in [-0.05, 0) is 37.8 Å². The Morgan fingerprint density at radius 2 is 1.16 bits per heavy atom. The van der Waals surface area contributed by atoms with Crippen molar-refractivity contribution in [1.29, 1.82) is 0 Å². The van der Waals surface area contributed by atoms with Crippen LogP contribution in [0.3, 0.4) is 0 Å². The van der Waals surface area contributed by atoms with E-state index in [-0.39, 0.29) is 0 Å².